The van der Waals surface area contributed by atoms with Gasteiger partial charge in [0.05, 0.1) is 12.2 Å². The van der Waals surface area contributed by atoms with Gasteiger partial charge in [-0.05, 0) is 28.7 Å². The van der Waals surface area contributed by atoms with E-state index in [1.807, 2.05) is 4.68 Å². The van der Waals surface area contributed by atoms with E-state index in [-0.39, 0.29) is 0 Å². The summed E-state index contributed by atoms with van der Waals surface area (Å²) in [4.78, 5) is 5.25. The fraction of sp³-hybridized carbons (Fsp3) is 0.375. The van der Waals surface area contributed by atoms with Gasteiger partial charge in [-0.1, -0.05) is 55.5 Å². The Hall–Kier alpha value is -2.43. The number of piperazine rings is 1. The van der Waals surface area contributed by atoms with Gasteiger partial charge in [0.25, 0.3) is 0 Å². The second-order valence-corrected chi connectivity index (χ2v) is 7.98. The lowest BCUT2D eigenvalue weighted by Crippen LogP contribution is -2.47. The van der Waals surface area contributed by atoms with Gasteiger partial charge in [0.1, 0.15) is 0 Å². The van der Waals surface area contributed by atoms with E-state index in [2.05, 4.69) is 83.6 Å². The molecule has 2 aromatic carbocycles. The molecule has 0 N–H and O–H groups in total. The van der Waals surface area contributed by atoms with Crippen molar-refractivity contribution in [3.8, 4) is 11.1 Å². The molecule has 4 heteroatoms. The zero-order valence-corrected chi connectivity index (χ0v) is 16.8. The average molecular weight is 373 g/mol. The van der Waals surface area contributed by atoms with Gasteiger partial charge in [0, 0.05) is 51.0 Å². The zero-order chi connectivity index (χ0) is 19.1. The van der Waals surface area contributed by atoms with E-state index < -0.39 is 0 Å². The Morgan fingerprint density at radius 1 is 0.893 bits per heavy atom. The third-order valence-corrected chi connectivity index (χ3v) is 6.45. The first-order valence-electron chi connectivity index (χ1n) is 10.4. The highest BCUT2D eigenvalue weighted by Gasteiger charge is 2.34. The number of aromatic nitrogens is 2. The molecule has 0 amide bonds. The molecule has 2 aliphatic rings. The van der Waals surface area contributed by atoms with Gasteiger partial charge in [-0.2, -0.15) is 5.10 Å². The van der Waals surface area contributed by atoms with Crippen LogP contribution in [-0.2, 0) is 20.0 Å². The molecule has 1 saturated heterocycles. The maximum Gasteiger partial charge on any atom is 0.0614 e. The number of nitrogens with zero attached hydrogens (tertiary/aromatic N) is 4. The predicted molar refractivity (Wildman–Crippen MR) is 113 cm³/mol. The first kappa shape index (κ1) is 17.7. The summed E-state index contributed by atoms with van der Waals surface area (Å²) in [6.07, 6.45) is 3.09. The molecule has 1 fully saturated rings. The van der Waals surface area contributed by atoms with Crippen LogP contribution in [0.1, 0.15) is 35.3 Å². The van der Waals surface area contributed by atoms with Gasteiger partial charge in [0.2, 0.25) is 0 Å². The fourth-order valence-corrected chi connectivity index (χ4v) is 5.04. The molecule has 0 atom stereocenters. The minimum absolute atomic E-state index is 0.402. The van der Waals surface area contributed by atoms with E-state index in [1.165, 1.54) is 33.5 Å². The van der Waals surface area contributed by atoms with Crippen molar-refractivity contribution in [2.24, 2.45) is 7.05 Å². The summed E-state index contributed by atoms with van der Waals surface area (Å²) in [7, 11) is 2.05. The number of benzene rings is 2. The molecule has 1 aliphatic carbocycles. The van der Waals surface area contributed by atoms with Gasteiger partial charge in [-0.15, -0.1) is 0 Å². The third kappa shape index (κ3) is 2.88. The second-order valence-electron chi connectivity index (χ2n) is 7.98. The lowest BCUT2D eigenvalue weighted by atomic mass is 10.0. The van der Waals surface area contributed by atoms with Crippen LogP contribution in [0.4, 0.5) is 0 Å². The first-order chi connectivity index (χ1) is 13.8. The molecule has 4 nitrogen and oxygen atoms in total. The second kappa shape index (κ2) is 7.19. The van der Waals surface area contributed by atoms with Gasteiger partial charge >= 0.3 is 0 Å². The van der Waals surface area contributed by atoms with Crippen molar-refractivity contribution < 1.29 is 0 Å². The highest BCUT2D eigenvalue weighted by Crippen LogP contribution is 2.46. The minimum Gasteiger partial charge on any atom is -0.296 e. The Morgan fingerprint density at radius 3 is 2.11 bits per heavy atom. The van der Waals surface area contributed by atoms with Crippen LogP contribution in [0.5, 0.6) is 0 Å². The van der Waals surface area contributed by atoms with Crippen LogP contribution < -0.4 is 0 Å². The summed E-state index contributed by atoms with van der Waals surface area (Å²) < 4.78 is 2.03. The van der Waals surface area contributed by atoms with Crippen LogP contribution in [0.3, 0.4) is 0 Å². The Bertz CT molecular complexity index is 936. The van der Waals surface area contributed by atoms with E-state index in [1.54, 1.807) is 0 Å². The summed E-state index contributed by atoms with van der Waals surface area (Å²) in [6, 6.07) is 18.3. The zero-order valence-electron chi connectivity index (χ0n) is 16.8. The van der Waals surface area contributed by atoms with Crippen molar-refractivity contribution in [3.63, 3.8) is 0 Å². The molecule has 0 spiro atoms. The van der Waals surface area contributed by atoms with Gasteiger partial charge in [-0.25, -0.2) is 0 Å². The number of hydrogen-bond acceptors (Lipinski definition) is 3. The standard InChI is InChI=1S/C24H28N4/c1-3-23-18(16-25-26(23)2)17-27-12-14-28(15-13-27)24-21-10-6-4-8-19(21)20-9-5-7-11-22(20)24/h4-11,16,24H,3,12-15,17H2,1-2H3. The van der Waals surface area contributed by atoms with Crippen LogP contribution in [0.15, 0.2) is 54.7 Å². The summed E-state index contributed by atoms with van der Waals surface area (Å²) in [5, 5.41) is 4.46. The Morgan fingerprint density at radius 2 is 1.50 bits per heavy atom. The van der Waals surface area contributed by atoms with Crippen LogP contribution in [0.25, 0.3) is 11.1 Å². The molecule has 3 aromatic rings. The molecule has 0 unspecified atom stereocenters. The van der Waals surface area contributed by atoms with Crippen LogP contribution in [0.2, 0.25) is 0 Å². The van der Waals surface area contributed by atoms with Crippen molar-refractivity contribution in [2.45, 2.75) is 25.9 Å². The highest BCUT2D eigenvalue weighted by atomic mass is 15.3. The number of hydrogen-bond donors (Lipinski definition) is 0. The van der Waals surface area contributed by atoms with Gasteiger partial charge < -0.3 is 0 Å². The molecule has 1 aliphatic heterocycles. The maximum atomic E-state index is 4.46. The van der Waals surface area contributed by atoms with Crippen LogP contribution in [0, 0.1) is 0 Å². The SMILES string of the molecule is CCc1c(CN2CCN(C3c4ccccc4-c4ccccc43)CC2)cnn1C. The fourth-order valence-electron chi connectivity index (χ4n) is 5.04. The minimum atomic E-state index is 0.402. The largest absolute Gasteiger partial charge is 0.296 e. The van der Waals surface area contributed by atoms with Crippen molar-refractivity contribution in [2.75, 3.05) is 26.2 Å². The summed E-state index contributed by atoms with van der Waals surface area (Å²) in [5.74, 6) is 0. The van der Waals surface area contributed by atoms with Crippen LogP contribution in [-0.4, -0.2) is 45.8 Å². The van der Waals surface area contributed by atoms with E-state index >= 15 is 0 Å². The van der Waals surface area contributed by atoms with E-state index in [0.717, 1.165) is 39.1 Å². The van der Waals surface area contributed by atoms with Gasteiger partial charge in [0.15, 0.2) is 0 Å². The van der Waals surface area contributed by atoms with Crippen LogP contribution >= 0.6 is 0 Å². The van der Waals surface area contributed by atoms with Crippen molar-refractivity contribution in [3.05, 3.63) is 77.1 Å². The van der Waals surface area contributed by atoms with E-state index in [0.29, 0.717) is 6.04 Å². The molecule has 5 rings (SSSR count). The van der Waals surface area contributed by atoms with Gasteiger partial charge in [-0.3, -0.25) is 14.5 Å². The molecule has 144 valence electrons. The van der Waals surface area contributed by atoms with Crippen molar-refractivity contribution >= 4 is 0 Å². The number of rotatable bonds is 4. The number of aryl methyl sites for hydroxylation is 1. The van der Waals surface area contributed by atoms with Crippen molar-refractivity contribution in [1.29, 1.82) is 0 Å². The molecule has 0 bridgehead atoms. The summed E-state index contributed by atoms with van der Waals surface area (Å²) in [5.41, 5.74) is 8.51. The smallest absolute Gasteiger partial charge is 0.0614 e. The summed E-state index contributed by atoms with van der Waals surface area (Å²) >= 11 is 0. The predicted octanol–water partition coefficient (Wildman–Crippen LogP) is 3.87. The summed E-state index contributed by atoms with van der Waals surface area (Å²) in [6.45, 7) is 7.66. The molecule has 0 saturated carbocycles. The first-order valence-corrected chi connectivity index (χ1v) is 10.4. The average Bonchev–Trinajstić information content (AvgIpc) is 3.26. The Labute approximate surface area is 167 Å². The quantitative estimate of drug-likeness (QED) is 0.695. The molecular weight excluding hydrogens is 344 g/mol. The highest BCUT2D eigenvalue weighted by molar-refractivity contribution is 5.78. The van der Waals surface area contributed by atoms with E-state index in [9.17, 15) is 0 Å². The number of fused-ring (bicyclic) bond motifs is 3. The monoisotopic (exact) mass is 372 g/mol. The normalized spacial score (nSPS) is 17.6. The molecular formula is C24H28N4. The molecule has 1 aromatic heterocycles. The molecule has 2 heterocycles. The maximum absolute atomic E-state index is 4.46. The topological polar surface area (TPSA) is 24.3 Å². The van der Waals surface area contributed by atoms with E-state index in [4.69, 9.17) is 0 Å². The molecule has 0 radical (unpaired) electrons. The lowest BCUT2D eigenvalue weighted by molar-refractivity contribution is 0.106. The third-order valence-electron chi connectivity index (χ3n) is 6.45. The lowest BCUT2D eigenvalue weighted by Gasteiger charge is -2.38. The van der Waals surface area contributed by atoms with Crippen molar-refractivity contribution in [1.82, 2.24) is 19.6 Å². The molecule has 28 heavy (non-hydrogen) atoms. The Balaban J connectivity index is 1.33. The Kier molecular flexibility index (Phi) is 4.53.